The molecule has 202 valence electrons. The van der Waals surface area contributed by atoms with Gasteiger partial charge in [-0.15, -0.1) is 0 Å². The second-order valence-electron chi connectivity index (χ2n) is 10.2. The van der Waals surface area contributed by atoms with E-state index in [9.17, 15) is 9.32 Å². The lowest BCUT2D eigenvalue weighted by Gasteiger charge is -2.15. The van der Waals surface area contributed by atoms with Crippen LogP contribution in [0.15, 0.2) is 59.0 Å². The number of aromatic nitrogens is 3. The highest BCUT2D eigenvalue weighted by Gasteiger charge is 2.48. The van der Waals surface area contributed by atoms with Crippen molar-refractivity contribution >= 4 is 38.2 Å². The van der Waals surface area contributed by atoms with Crippen molar-refractivity contribution < 1.29 is 23.5 Å². The lowest BCUT2D eigenvalue weighted by molar-refractivity contribution is 0.00706. The number of aliphatic hydroxyl groups excluding tert-OH is 1. The number of pyridine rings is 1. The summed E-state index contributed by atoms with van der Waals surface area (Å²) in [5.41, 5.74) is 5.47. The standard InChI is InChI=1S/C28H27ClN4O5S/c29-20-13-21-27(32-28(30-21)38-23-15-37-25-22(34)14-36-26(23)25)31-24(20)18-5-3-16(4-6-18)17-7-9-19(10-8-17)33-39(35)11-1-2-12-39/h3-10,13,22-23,25-26,34H,1-2,11-12,14-15H2,(H,30,31,32)/t22-,23?,25?,26-/m1/s1. The molecule has 0 spiro atoms. The number of ether oxygens (including phenoxy) is 3. The van der Waals surface area contributed by atoms with E-state index in [1.165, 1.54) is 0 Å². The highest BCUT2D eigenvalue weighted by molar-refractivity contribution is 7.93. The number of nitrogens with zero attached hydrogens (tertiary/aromatic N) is 3. The SMILES string of the molecule is O=S1(=Nc2ccc(-c3ccc(-c4nc5nc(OC6COC7[C@@H]6OC[C@H]7O)[nH]c5cc4Cl)cc3)cc2)CCCC1. The minimum atomic E-state index is -2.08. The minimum absolute atomic E-state index is 0.235. The maximum atomic E-state index is 12.7. The molecule has 0 aliphatic carbocycles. The van der Waals surface area contributed by atoms with Crippen LogP contribution in [0.1, 0.15) is 12.8 Å². The predicted molar refractivity (Wildman–Crippen MR) is 149 cm³/mol. The van der Waals surface area contributed by atoms with Crippen LogP contribution in [-0.2, 0) is 19.2 Å². The van der Waals surface area contributed by atoms with Crippen molar-refractivity contribution in [3.8, 4) is 28.4 Å². The average molecular weight is 567 g/mol. The number of nitrogens with one attached hydrogen (secondary N) is 1. The van der Waals surface area contributed by atoms with Gasteiger partial charge in [-0.3, -0.25) is 0 Å². The Morgan fingerprint density at radius 1 is 0.949 bits per heavy atom. The van der Waals surface area contributed by atoms with Gasteiger partial charge in [0.05, 0.1) is 44.9 Å². The zero-order chi connectivity index (χ0) is 26.6. The number of aliphatic hydroxyl groups is 1. The second kappa shape index (κ2) is 9.87. The molecule has 4 aromatic rings. The minimum Gasteiger partial charge on any atom is -0.456 e. The van der Waals surface area contributed by atoms with Crippen LogP contribution in [0, 0.1) is 0 Å². The van der Waals surface area contributed by atoms with Crippen molar-refractivity contribution in [2.75, 3.05) is 24.7 Å². The lowest BCUT2D eigenvalue weighted by atomic mass is 10.0. The molecule has 11 heteroatoms. The Morgan fingerprint density at radius 3 is 2.36 bits per heavy atom. The Morgan fingerprint density at radius 2 is 1.62 bits per heavy atom. The molecule has 3 fully saturated rings. The molecule has 0 bridgehead atoms. The fourth-order valence-electron chi connectivity index (χ4n) is 5.42. The smallest absolute Gasteiger partial charge is 0.296 e. The number of imidazole rings is 1. The number of aromatic amines is 1. The van der Waals surface area contributed by atoms with Crippen molar-refractivity contribution in [3.63, 3.8) is 0 Å². The van der Waals surface area contributed by atoms with Crippen LogP contribution in [0.2, 0.25) is 5.02 Å². The first-order valence-corrected chi connectivity index (χ1v) is 15.2. The van der Waals surface area contributed by atoms with Crippen molar-refractivity contribution in [3.05, 3.63) is 59.6 Å². The van der Waals surface area contributed by atoms with Crippen LogP contribution in [0.25, 0.3) is 33.5 Å². The molecule has 39 heavy (non-hydrogen) atoms. The average Bonchev–Trinajstić information content (AvgIpc) is 3.71. The van der Waals surface area contributed by atoms with E-state index in [4.69, 9.17) is 30.8 Å². The largest absolute Gasteiger partial charge is 0.456 e. The third kappa shape index (κ3) is 4.81. The molecule has 3 saturated heterocycles. The molecule has 0 radical (unpaired) electrons. The number of H-pyrrole nitrogens is 1. The summed E-state index contributed by atoms with van der Waals surface area (Å²) in [6, 6.07) is 17.9. The summed E-state index contributed by atoms with van der Waals surface area (Å²) < 4.78 is 34.5. The normalized spacial score (nSPS) is 25.7. The fourth-order valence-corrected chi connectivity index (χ4v) is 7.88. The highest BCUT2D eigenvalue weighted by atomic mass is 35.5. The van der Waals surface area contributed by atoms with Crippen molar-refractivity contribution in [1.29, 1.82) is 0 Å². The Kier molecular flexibility index (Phi) is 6.32. The van der Waals surface area contributed by atoms with Gasteiger partial charge in [-0.25, -0.2) is 9.19 Å². The van der Waals surface area contributed by atoms with Gasteiger partial charge in [-0.05, 0) is 42.2 Å². The summed E-state index contributed by atoms with van der Waals surface area (Å²) in [5.74, 6) is 1.39. The second-order valence-corrected chi connectivity index (χ2v) is 13.1. The maximum absolute atomic E-state index is 12.7. The Balaban J connectivity index is 1.09. The van der Waals surface area contributed by atoms with Crippen molar-refractivity contribution in [2.45, 2.75) is 37.3 Å². The Hall–Kier alpha value is -3.02. The molecule has 5 heterocycles. The summed E-state index contributed by atoms with van der Waals surface area (Å²) in [4.78, 5) is 12.3. The monoisotopic (exact) mass is 566 g/mol. The highest BCUT2D eigenvalue weighted by Crippen LogP contribution is 2.33. The van der Waals surface area contributed by atoms with Crippen LogP contribution in [0.5, 0.6) is 6.01 Å². The van der Waals surface area contributed by atoms with E-state index >= 15 is 0 Å². The zero-order valence-electron chi connectivity index (χ0n) is 21.0. The third-order valence-corrected chi connectivity index (χ3v) is 10.1. The molecule has 0 saturated carbocycles. The van der Waals surface area contributed by atoms with E-state index in [1.807, 2.05) is 48.5 Å². The molecule has 7 rings (SSSR count). The summed E-state index contributed by atoms with van der Waals surface area (Å²) in [6.07, 6.45) is 0.260. The first-order valence-electron chi connectivity index (χ1n) is 13.0. The zero-order valence-corrected chi connectivity index (χ0v) is 22.5. The van der Waals surface area contributed by atoms with E-state index in [0.717, 1.165) is 35.2 Å². The van der Waals surface area contributed by atoms with Gasteiger partial charge >= 0.3 is 0 Å². The van der Waals surface area contributed by atoms with Crippen LogP contribution in [-0.4, -0.2) is 73.4 Å². The summed E-state index contributed by atoms with van der Waals surface area (Å²) in [7, 11) is -2.08. The third-order valence-electron chi connectivity index (χ3n) is 7.46. The maximum Gasteiger partial charge on any atom is 0.296 e. The van der Waals surface area contributed by atoms with Gasteiger partial charge in [0.1, 0.15) is 18.3 Å². The van der Waals surface area contributed by atoms with Gasteiger partial charge in [-0.2, -0.15) is 9.35 Å². The number of fused-ring (bicyclic) bond motifs is 2. The van der Waals surface area contributed by atoms with E-state index in [-0.39, 0.29) is 24.9 Å². The van der Waals surface area contributed by atoms with Gasteiger partial charge in [0.2, 0.25) is 0 Å². The van der Waals surface area contributed by atoms with Crippen molar-refractivity contribution in [1.82, 2.24) is 15.0 Å². The lowest BCUT2D eigenvalue weighted by Crippen LogP contribution is -2.34. The van der Waals surface area contributed by atoms with Gasteiger partial charge in [0.15, 0.2) is 11.8 Å². The van der Waals surface area contributed by atoms with E-state index < -0.39 is 15.8 Å². The molecular weight excluding hydrogens is 540 g/mol. The molecular formula is C28H27ClN4O5S. The fraction of sp³-hybridized carbons (Fsp3) is 0.357. The van der Waals surface area contributed by atoms with Crippen LogP contribution in [0.4, 0.5) is 5.69 Å². The molecule has 3 aliphatic rings. The summed E-state index contributed by atoms with van der Waals surface area (Å²) in [6.45, 7) is 0.547. The van der Waals surface area contributed by atoms with E-state index in [2.05, 4.69) is 14.3 Å². The predicted octanol–water partition coefficient (Wildman–Crippen LogP) is 4.74. The summed E-state index contributed by atoms with van der Waals surface area (Å²) in [5, 5.41) is 10.4. The van der Waals surface area contributed by atoms with Crippen LogP contribution < -0.4 is 4.74 Å². The molecule has 4 atom stereocenters. The quantitative estimate of drug-likeness (QED) is 0.358. The Labute approximate surface area is 230 Å². The molecule has 3 aliphatic heterocycles. The van der Waals surface area contributed by atoms with Gasteiger partial charge in [0, 0.05) is 17.1 Å². The molecule has 2 unspecified atom stereocenters. The molecule has 0 amide bonds. The number of halogens is 1. The molecule has 9 nitrogen and oxygen atoms in total. The topological polar surface area (TPSA) is 119 Å². The number of benzene rings is 2. The molecule has 2 N–H and O–H groups in total. The number of hydrogen-bond acceptors (Lipinski definition) is 8. The molecule has 2 aromatic heterocycles. The number of hydrogen-bond donors (Lipinski definition) is 2. The van der Waals surface area contributed by atoms with E-state index in [1.54, 1.807) is 6.07 Å². The van der Waals surface area contributed by atoms with Gasteiger partial charge in [-0.1, -0.05) is 48.0 Å². The summed E-state index contributed by atoms with van der Waals surface area (Å²) >= 11 is 6.61. The number of rotatable bonds is 5. The van der Waals surface area contributed by atoms with Crippen LogP contribution >= 0.6 is 11.6 Å². The van der Waals surface area contributed by atoms with Gasteiger partial charge in [0.25, 0.3) is 6.01 Å². The first kappa shape index (κ1) is 25.0. The van der Waals surface area contributed by atoms with Gasteiger partial charge < -0.3 is 24.3 Å². The van der Waals surface area contributed by atoms with E-state index in [0.29, 0.717) is 46.0 Å². The van der Waals surface area contributed by atoms with Crippen LogP contribution in [0.3, 0.4) is 0 Å². The Bertz CT molecular complexity index is 1640. The first-order chi connectivity index (χ1) is 18.9. The molecule has 2 aromatic carbocycles. The van der Waals surface area contributed by atoms with Crippen molar-refractivity contribution in [2.24, 2.45) is 4.36 Å².